The second kappa shape index (κ2) is 12.8. The maximum atomic E-state index is 5.65. The van der Waals surface area contributed by atoms with Crippen LogP contribution in [0.1, 0.15) is 12.0 Å². The molecule has 0 spiro atoms. The lowest BCUT2D eigenvalue weighted by atomic mass is 10.1. The topological polar surface area (TPSA) is 55.4 Å². The summed E-state index contributed by atoms with van der Waals surface area (Å²) in [5.41, 5.74) is 1.07. The molecular weight excluding hydrogens is 378 g/mol. The van der Waals surface area contributed by atoms with Crippen LogP contribution in [0, 0.1) is 0 Å². The Morgan fingerprint density at radius 3 is 2.68 bits per heavy atom. The molecule has 0 radical (unpaired) electrons. The molecule has 8 heteroatoms. The summed E-state index contributed by atoms with van der Waals surface area (Å²) in [5, 5.41) is 4.02. The first-order chi connectivity index (χ1) is 13.7. The Hall–Kier alpha value is -1.61. The Kier molecular flexibility index (Phi) is 10.3. The highest BCUT2D eigenvalue weighted by molar-refractivity contribution is 7.80. The van der Waals surface area contributed by atoms with Crippen LogP contribution in [0.4, 0.5) is 0 Å². The SMILES string of the molecule is COCCNC(=S)N(CCCN1CCOCC1)Cc1ccc(OC)cc1OC. The summed E-state index contributed by atoms with van der Waals surface area (Å²) >= 11 is 5.65. The smallest absolute Gasteiger partial charge is 0.169 e. The van der Waals surface area contributed by atoms with Crippen molar-refractivity contribution in [1.82, 2.24) is 15.1 Å². The van der Waals surface area contributed by atoms with Crippen LogP contribution < -0.4 is 14.8 Å². The van der Waals surface area contributed by atoms with Crippen molar-refractivity contribution in [2.75, 3.05) is 73.9 Å². The lowest BCUT2D eigenvalue weighted by Crippen LogP contribution is -2.43. The number of rotatable bonds is 11. The molecule has 0 aromatic heterocycles. The molecule has 1 aromatic carbocycles. The summed E-state index contributed by atoms with van der Waals surface area (Å²) in [6.07, 6.45) is 1.03. The number of methoxy groups -OCH3 is 3. The number of thiocarbonyl (C=S) groups is 1. The van der Waals surface area contributed by atoms with Gasteiger partial charge in [-0.25, -0.2) is 0 Å². The fourth-order valence-corrected chi connectivity index (χ4v) is 3.38. The number of hydrogen-bond acceptors (Lipinski definition) is 6. The Morgan fingerprint density at radius 2 is 2.00 bits per heavy atom. The maximum absolute atomic E-state index is 5.65. The Balaban J connectivity index is 1.99. The van der Waals surface area contributed by atoms with Gasteiger partial charge in [0.1, 0.15) is 11.5 Å². The van der Waals surface area contributed by atoms with Crippen molar-refractivity contribution in [3.05, 3.63) is 23.8 Å². The van der Waals surface area contributed by atoms with Crippen LogP contribution >= 0.6 is 12.2 Å². The summed E-state index contributed by atoms with van der Waals surface area (Å²) in [4.78, 5) is 4.63. The Morgan fingerprint density at radius 1 is 1.21 bits per heavy atom. The number of morpholine rings is 1. The average molecular weight is 412 g/mol. The van der Waals surface area contributed by atoms with Crippen molar-refractivity contribution in [3.63, 3.8) is 0 Å². The fourth-order valence-electron chi connectivity index (χ4n) is 3.12. The molecule has 1 N–H and O–H groups in total. The van der Waals surface area contributed by atoms with Gasteiger partial charge in [0.05, 0.1) is 34.0 Å². The van der Waals surface area contributed by atoms with Crippen LogP contribution in [0.2, 0.25) is 0 Å². The van der Waals surface area contributed by atoms with Crippen molar-refractivity contribution in [1.29, 1.82) is 0 Å². The van der Waals surface area contributed by atoms with Crippen LogP contribution in [0.5, 0.6) is 11.5 Å². The summed E-state index contributed by atoms with van der Waals surface area (Å²) in [7, 11) is 5.02. The average Bonchev–Trinajstić information content (AvgIpc) is 2.74. The molecule has 1 aliphatic heterocycles. The quantitative estimate of drug-likeness (QED) is 0.437. The molecule has 0 saturated carbocycles. The summed E-state index contributed by atoms with van der Waals surface area (Å²) < 4.78 is 21.4. The molecule has 2 rings (SSSR count). The van der Waals surface area contributed by atoms with E-state index in [0.717, 1.165) is 68.0 Å². The van der Waals surface area contributed by atoms with Crippen molar-refractivity contribution in [3.8, 4) is 11.5 Å². The minimum atomic E-state index is 0.619. The molecule has 0 bridgehead atoms. The van der Waals surface area contributed by atoms with Crippen LogP contribution in [-0.2, 0) is 16.0 Å². The van der Waals surface area contributed by atoms with Crippen LogP contribution in [0.15, 0.2) is 18.2 Å². The molecule has 7 nitrogen and oxygen atoms in total. The molecule has 1 aliphatic rings. The predicted octanol–water partition coefficient (Wildman–Crippen LogP) is 1.75. The van der Waals surface area contributed by atoms with E-state index in [9.17, 15) is 0 Å². The van der Waals surface area contributed by atoms with Crippen LogP contribution in [-0.4, -0.2) is 88.8 Å². The summed E-state index contributed by atoms with van der Waals surface area (Å²) in [5.74, 6) is 1.58. The van der Waals surface area contributed by atoms with Crippen molar-refractivity contribution >= 4 is 17.3 Å². The molecule has 0 atom stereocenters. The van der Waals surface area contributed by atoms with Crippen molar-refractivity contribution in [2.24, 2.45) is 0 Å². The van der Waals surface area contributed by atoms with Crippen LogP contribution in [0.3, 0.4) is 0 Å². The number of benzene rings is 1. The monoisotopic (exact) mass is 411 g/mol. The van der Waals surface area contributed by atoms with E-state index in [4.69, 9.17) is 31.2 Å². The molecule has 28 heavy (non-hydrogen) atoms. The van der Waals surface area contributed by atoms with E-state index in [1.165, 1.54) is 0 Å². The molecule has 1 heterocycles. The van der Waals surface area contributed by atoms with Gasteiger partial charge in [-0.1, -0.05) is 0 Å². The first-order valence-electron chi connectivity index (χ1n) is 9.70. The highest BCUT2D eigenvalue weighted by atomic mass is 32.1. The van der Waals surface area contributed by atoms with Gasteiger partial charge in [-0.15, -0.1) is 0 Å². The van der Waals surface area contributed by atoms with E-state index >= 15 is 0 Å². The molecule has 0 amide bonds. The lowest BCUT2D eigenvalue weighted by molar-refractivity contribution is 0.0367. The molecule has 158 valence electrons. The van der Waals surface area contributed by atoms with E-state index in [1.54, 1.807) is 21.3 Å². The number of ether oxygens (including phenoxy) is 4. The third-order valence-electron chi connectivity index (χ3n) is 4.73. The second-order valence-electron chi connectivity index (χ2n) is 6.63. The van der Waals surface area contributed by atoms with Crippen LogP contribution in [0.25, 0.3) is 0 Å². The van der Waals surface area contributed by atoms with Crippen molar-refractivity contribution < 1.29 is 18.9 Å². The van der Waals surface area contributed by atoms with E-state index in [0.29, 0.717) is 19.7 Å². The molecule has 0 aliphatic carbocycles. The van der Waals surface area contributed by atoms with Gasteiger partial charge in [-0.3, -0.25) is 4.90 Å². The first-order valence-corrected chi connectivity index (χ1v) is 10.1. The van der Waals surface area contributed by atoms with E-state index in [-0.39, 0.29) is 0 Å². The highest BCUT2D eigenvalue weighted by Crippen LogP contribution is 2.26. The lowest BCUT2D eigenvalue weighted by Gasteiger charge is -2.30. The molecule has 1 fully saturated rings. The van der Waals surface area contributed by atoms with Gasteiger partial charge in [0.25, 0.3) is 0 Å². The minimum absolute atomic E-state index is 0.619. The highest BCUT2D eigenvalue weighted by Gasteiger charge is 2.15. The third kappa shape index (κ3) is 7.43. The molecule has 0 unspecified atom stereocenters. The maximum Gasteiger partial charge on any atom is 0.169 e. The predicted molar refractivity (Wildman–Crippen MR) is 114 cm³/mol. The summed E-state index contributed by atoms with van der Waals surface area (Å²) in [6.45, 7) is 7.54. The van der Waals surface area contributed by atoms with Gasteiger partial charge in [0.2, 0.25) is 0 Å². The first kappa shape index (κ1) is 22.7. The van der Waals surface area contributed by atoms with Gasteiger partial charge < -0.3 is 29.2 Å². The number of nitrogens with zero attached hydrogens (tertiary/aromatic N) is 2. The van der Waals surface area contributed by atoms with E-state index in [1.807, 2.05) is 18.2 Å². The molecular formula is C20H33N3O4S. The second-order valence-corrected chi connectivity index (χ2v) is 7.02. The number of hydrogen-bond donors (Lipinski definition) is 1. The van der Waals surface area contributed by atoms with Gasteiger partial charge in [0, 0.05) is 58.0 Å². The zero-order valence-corrected chi connectivity index (χ0v) is 18.1. The van der Waals surface area contributed by atoms with Gasteiger partial charge in [-0.05, 0) is 30.8 Å². The fraction of sp³-hybridized carbons (Fsp3) is 0.650. The van der Waals surface area contributed by atoms with Gasteiger partial charge in [-0.2, -0.15) is 0 Å². The number of nitrogens with one attached hydrogen (secondary N) is 1. The summed E-state index contributed by atoms with van der Waals surface area (Å²) in [6, 6.07) is 5.89. The van der Waals surface area contributed by atoms with E-state index in [2.05, 4.69) is 15.1 Å². The molecule has 1 aromatic rings. The standard InChI is InChI=1S/C20H33N3O4S/c1-24-12-7-21-20(28)23(9-4-8-22-10-13-27-14-11-22)16-17-5-6-18(25-2)15-19(17)26-3/h5-6,15H,4,7-14,16H2,1-3H3,(H,21,28). The zero-order valence-electron chi connectivity index (χ0n) is 17.2. The third-order valence-corrected chi connectivity index (χ3v) is 5.13. The van der Waals surface area contributed by atoms with Gasteiger partial charge >= 0.3 is 0 Å². The Labute approximate surface area is 173 Å². The normalized spacial score (nSPS) is 14.5. The van der Waals surface area contributed by atoms with E-state index < -0.39 is 0 Å². The largest absolute Gasteiger partial charge is 0.497 e. The van der Waals surface area contributed by atoms with Gasteiger partial charge in [0.15, 0.2) is 5.11 Å². The minimum Gasteiger partial charge on any atom is -0.497 e. The van der Waals surface area contributed by atoms with Crippen molar-refractivity contribution in [2.45, 2.75) is 13.0 Å². The molecule has 1 saturated heterocycles. The Bertz CT molecular complexity index is 597. The zero-order chi connectivity index (χ0) is 20.2.